The first kappa shape index (κ1) is 19.2. The average molecular weight is 372 g/mol. The van der Waals surface area contributed by atoms with E-state index in [0.717, 1.165) is 9.46 Å². The van der Waals surface area contributed by atoms with E-state index in [0.29, 0.717) is 5.69 Å². The van der Waals surface area contributed by atoms with Gasteiger partial charge in [-0.1, -0.05) is 0 Å². The number of hydrogen-bond acceptors (Lipinski definition) is 7. The summed E-state index contributed by atoms with van der Waals surface area (Å²) in [4.78, 5) is 23.8. The molecule has 1 aromatic carbocycles. The SMILES string of the molecule is CCn1c(O)c(C#N)c(C)c(N=Nc2ccc(SCC(=O)O)cc2)c1=O. The van der Waals surface area contributed by atoms with Gasteiger partial charge in [-0.15, -0.1) is 16.9 Å². The topological polar surface area (TPSA) is 128 Å². The molecule has 0 spiro atoms. The number of carboxylic acids is 1. The van der Waals surface area contributed by atoms with E-state index in [1.54, 1.807) is 31.2 Å². The van der Waals surface area contributed by atoms with Crippen LogP contribution >= 0.6 is 11.8 Å². The highest BCUT2D eigenvalue weighted by molar-refractivity contribution is 8.00. The number of aromatic hydroxyl groups is 1. The van der Waals surface area contributed by atoms with Crippen LogP contribution in [0.1, 0.15) is 18.1 Å². The second-order valence-corrected chi connectivity index (χ2v) is 6.26. The summed E-state index contributed by atoms with van der Waals surface area (Å²) < 4.78 is 1.06. The summed E-state index contributed by atoms with van der Waals surface area (Å²) >= 11 is 1.18. The van der Waals surface area contributed by atoms with Crippen molar-refractivity contribution in [1.29, 1.82) is 5.26 Å². The highest BCUT2D eigenvalue weighted by Gasteiger charge is 2.18. The Kier molecular flexibility index (Phi) is 6.14. The van der Waals surface area contributed by atoms with Gasteiger partial charge in [0.2, 0.25) is 5.88 Å². The van der Waals surface area contributed by atoms with Crippen LogP contribution in [0.25, 0.3) is 0 Å². The lowest BCUT2D eigenvalue weighted by molar-refractivity contribution is -0.133. The Morgan fingerprint density at radius 1 is 1.31 bits per heavy atom. The first-order valence-corrected chi connectivity index (χ1v) is 8.60. The van der Waals surface area contributed by atoms with Gasteiger partial charge in [-0.05, 0) is 38.1 Å². The van der Waals surface area contributed by atoms with E-state index in [1.807, 2.05) is 6.07 Å². The number of thioether (sulfide) groups is 1. The second-order valence-electron chi connectivity index (χ2n) is 5.21. The van der Waals surface area contributed by atoms with E-state index in [-0.39, 0.29) is 35.0 Å². The molecule has 1 heterocycles. The molecule has 134 valence electrons. The zero-order valence-electron chi connectivity index (χ0n) is 14.1. The maximum Gasteiger partial charge on any atom is 0.313 e. The van der Waals surface area contributed by atoms with Crippen LogP contribution in [-0.2, 0) is 11.3 Å². The Morgan fingerprint density at radius 2 is 1.96 bits per heavy atom. The molecule has 0 radical (unpaired) electrons. The van der Waals surface area contributed by atoms with E-state index in [2.05, 4.69) is 10.2 Å². The molecule has 2 aromatic rings. The van der Waals surface area contributed by atoms with Gasteiger partial charge in [0.1, 0.15) is 11.6 Å². The number of carboxylic acid groups (broad SMARTS) is 1. The highest BCUT2D eigenvalue weighted by Crippen LogP contribution is 2.27. The summed E-state index contributed by atoms with van der Waals surface area (Å²) in [6, 6.07) is 8.57. The number of hydrogen-bond donors (Lipinski definition) is 2. The molecular formula is C17H16N4O4S. The Balaban J connectivity index is 2.35. The number of pyridine rings is 1. The Hall–Kier alpha value is -3.12. The molecule has 26 heavy (non-hydrogen) atoms. The average Bonchev–Trinajstić information content (AvgIpc) is 2.61. The van der Waals surface area contributed by atoms with E-state index in [1.165, 1.54) is 18.7 Å². The molecule has 2 N–H and O–H groups in total. The van der Waals surface area contributed by atoms with Gasteiger partial charge in [0.15, 0.2) is 5.69 Å². The van der Waals surface area contributed by atoms with E-state index >= 15 is 0 Å². The zero-order chi connectivity index (χ0) is 19.3. The van der Waals surface area contributed by atoms with Crippen LogP contribution in [0.4, 0.5) is 11.4 Å². The van der Waals surface area contributed by atoms with Gasteiger partial charge in [-0.3, -0.25) is 14.2 Å². The van der Waals surface area contributed by atoms with Crippen LogP contribution in [0, 0.1) is 18.3 Å². The molecule has 0 saturated heterocycles. The first-order chi connectivity index (χ1) is 12.4. The molecular weight excluding hydrogens is 356 g/mol. The predicted molar refractivity (Wildman–Crippen MR) is 96.5 cm³/mol. The van der Waals surface area contributed by atoms with Crippen molar-refractivity contribution in [2.45, 2.75) is 25.3 Å². The third-order valence-electron chi connectivity index (χ3n) is 3.55. The molecule has 0 aliphatic heterocycles. The van der Waals surface area contributed by atoms with Crippen LogP contribution in [0.3, 0.4) is 0 Å². The Labute approximate surface area is 153 Å². The van der Waals surface area contributed by atoms with Crippen molar-refractivity contribution in [3.63, 3.8) is 0 Å². The molecule has 9 heteroatoms. The predicted octanol–water partition coefficient (Wildman–Crippen LogP) is 3.35. The van der Waals surface area contributed by atoms with Gasteiger partial charge >= 0.3 is 5.97 Å². The summed E-state index contributed by atoms with van der Waals surface area (Å²) in [7, 11) is 0. The fourth-order valence-corrected chi connectivity index (χ4v) is 2.83. The van der Waals surface area contributed by atoms with Gasteiger partial charge < -0.3 is 10.2 Å². The maximum absolute atomic E-state index is 12.4. The Morgan fingerprint density at radius 3 is 2.50 bits per heavy atom. The van der Waals surface area contributed by atoms with Crippen molar-refractivity contribution in [3.8, 4) is 11.9 Å². The minimum atomic E-state index is -0.901. The molecule has 0 amide bonds. The van der Waals surface area contributed by atoms with Gasteiger partial charge in [-0.2, -0.15) is 10.4 Å². The number of azo groups is 1. The van der Waals surface area contributed by atoms with Crippen LogP contribution in [0.5, 0.6) is 5.88 Å². The van der Waals surface area contributed by atoms with Crippen molar-refractivity contribution in [2.75, 3.05) is 5.75 Å². The Bertz CT molecular complexity index is 959. The standard InChI is InChI=1S/C17H16N4O4S/c1-3-21-16(24)13(8-18)10(2)15(17(21)25)20-19-11-4-6-12(7-5-11)26-9-14(22)23/h4-7,24H,3,9H2,1-2H3,(H,22,23). The summed E-state index contributed by atoms with van der Waals surface area (Å²) in [5.74, 6) is -1.32. The smallest absolute Gasteiger partial charge is 0.313 e. The van der Waals surface area contributed by atoms with Gasteiger partial charge in [-0.25, -0.2) is 0 Å². The minimum Gasteiger partial charge on any atom is -0.493 e. The lowest BCUT2D eigenvalue weighted by Crippen LogP contribution is -2.20. The summed E-state index contributed by atoms with van der Waals surface area (Å²) in [5.41, 5.74) is 0.181. The molecule has 0 atom stereocenters. The molecule has 2 rings (SSSR count). The summed E-state index contributed by atoms with van der Waals surface area (Å²) in [6.07, 6.45) is 0. The van der Waals surface area contributed by atoms with Gasteiger partial charge in [0.25, 0.3) is 5.56 Å². The summed E-state index contributed by atoms with van der Waals surface area (Å²) in [5, 5.41) is 35.8. The van der Waals surface area contributed by atoms with Crippen molar-refractivity contribution in [1.82, 2.24) is 4.57 Å². The quantitative estimate of drug-likeness (QED) is 0.591. The van der Waals surface area contributed by atoms with Crippen molar-refractivity contribution < 1.29 is 15.0 Å². The van der Waals surface area contributed by atoms with E-state index < -0.39 is 11.5 Å². The number of benzene rings is 1. The molecule has 0 fully saturated rings. The van der Waals surface area contributed by atoms with Crippen molar-refractivity contribution in [2.24, 2.45) is 10.2 Å². The normalized spacial score (nSPS) is 10.8. The highest BCUT2D eigenvalue weighted by atomic mass is 32.2. The lowest BCUT2D eigenvalue weighted by atomic mass is 10.1. The largest absolute Gasteiger partial charge is 0.493 e. The van der Waals surface area contributed by atoms with Crippen molar-refractivity contribution in [3.05, 3.63) is 45.7 Å². The second kappa shape index (κ2) is 8.31. The molecule has 0 aliphatic rings. The monoisotopic (exact) mass is 372 g/mol. The molecule has 0 bridgehead atoms. The van der Waals surface area contributed by atoms with Crippen LogP contribution < -0.4 is 5.56 Å². The maximum atomic E-state index is 12.4. The third kappa shape index (κ3) is 4.10. The molecule has 0 saturated carbocycles. The minimum absolute atomic E-state index is 0.00877. The number of nitriles is 1. The number of aliphatic carboxylic acids is 1. The molecule has 1 aromatic heterocycles. The molecule has 0 aliphatic carbocycles. The molecule has 8 nitrogen and oxygen atoms in total. The van der Waals surface area contributed by atoms with Gasteiger partial charge in [0, 0.05) is 17.0 Å². The number of nitrogens with zero attached hydrogens (tertiary/aromatic N) is 4. The van der Waals surface area contributed by atoms with Crippen LogP contribution in [0.15, 0.2) is 44.2 Å². The zero-order valence-corrected chi connectivity index (χ0v) is 14.9. The lowest BCUT2D eigenvalue weighted by Gasteiger charge is -2.10. The van der Waals surface area contributed by atoms with Gasteiger partial charge in [0.05, 0.1) is 11.4 Å². The van der Waals surface area contributed by atoms with Crippen LogP contribution in [0.2, 0.25) is 0 Å². The first-order valence-electron chi connectivity index (χ1n) is 7.61. The summed E-state index contributed by atoms with van der Waals surface area (Å²) in [6.45, 7) is 3.39. The van der Waals surface area contributed by atoms with E-state index in [9.17, 15) is 20.0 Å². The number of rotatable bonds is 6. The number of aromatic nitrogens is 1. The number of carbonyl (C=O) groups is 1. The molecule has 0 unspecified atom stereocenters. The van der Waals surface area contributed by atoms with E-state index in [4.69, 9.17) is 5.11 Å². The fourth-order valence-electron chi connectivity index (χ4n) is 2.21. The third-order valence-corrected chi connectivity index (χ3v) is 4.55. The van der Waals surface area contributed by atoms with Crippen molar-refractivity contribution >= 4 is 29.1 Å². The fraction of sp³-hybridized carbons (Fsp3) is 0.235. The van der Waals surface area contributed by atoms with Crippen LogP contribution in [-0.4, -0.2) is 26.5 Å².